The Balaban J connectivity index is 1.12. The van der Waals surface area contributed by atoms with Crippen molar-refractivity contribution in [3.63, 3.8) is 0 Å². The number of carbonyl (C=O) groups is 1. The van der Waals surface area contributed by atoms with E-state index < -0.39 is 0 Å². The van der Waals surface area contributed by atoms with Crippen LogP contribution in [0.4, 0.5) is 11.5 Å². The molecule has 3 aromatic heterocycles. The fraction of sp³-hybridized carbons (Fsp3) is 0.308. The molecule has 10 nitrogen and oxygen atoms in total. The maximum Gasteiger partial charge on any atom is 0.284 e. The number of nitrogens with zero attached hydrogens (tertiary/aromatic N) is 4. The molecule has 190 valence electrons. The van der Waals surface area contributed by atoms with Crippen molar-refractivity contribution in [3.05, 3.63) is 69.6 Å². The molecule has 0 bridgehead atoms. The summed E-state index contributed by atoms with van der Waals surface area (Å²) in [6, 6.07) is 7.77. The lowest BCUT2D eigenvalue weighted by molar-refractivity contribution is 0.102. The molecule has 0 fully saturated rings. The molecule has 2 aliphatic rings. The Hall–Kier alpha value is -3.80. The summed E-state index contributed by atoms with van der Waals surface area (Å²) in [7, 11) is 0. The molecule has 1 amide bonds. The van der Waals surface area contributed by atoms with E-state index in [4.69, 9.17) is 4.74 Å². The summed E-state index contributed by atoms with van der Waals surface area (Å²) in [6.07, 6.45) is 7.00. The van der Waals surface area contributed by atoms with Crippen LogP contribution in [0.2, 0.25) is 0 Å². The number of fused-ring (bicyclic) bond motifs is 2. The fourth-order valence-corrected chi connectivity index (χ4v) is 5.80. The van der Waals surface area contributed by atoms with Crippen LogP contribution in [-0.2, 0) is 25.9 Å². The molecule has 0 saturated heterocycles. The van der Waals surface area contributed by atoms with Crippen LogP contribution in [0.25, 0.3) is 11.1 Å². The molecule has 0 atom stereocenters. The third-order valence-electron chi connectivity index (χ3n) is 6.60. The first kappa shape index (κ1) is 23.6. The number of benzene rings is 1. The van der Waals surface area contributed by atoms with Crippen LogP contribution < -0.4 is 15.4 Å². The minimum Gasteiger partial charge on any atom is -0.492 e. The van der Waals surface area contributed by atoms with Crippen LogP contribution in [0.1, 0.15) is 31.5 Å². The molecule has 0 radical (unpaired) electrons. The summed E-state index contributed by atoms with van der Waals surface area (Å²) >= 11 is 1.43. The van der Waals surface area contributed by atoms with Crippen LogP contribution >= 0.6 is 11.3 Å². The molecule has 37 heavy (non-hydrogen) atoms. The number of hydrogen-bond acceptors (Lipinski definition) is 9. The zero-order chi connectivity index (χ0) is 25.2. The number of aromatic amines is 1. The quantitative estimate of drug-likeness (QED) is 0.281. The Morgan fingerprint density at radius 2 is 2.22 bits per heavy atom. The van der Waals surface area contributed by atoms with Gasteiger partial charge in [-0.1, -0.05) is 12.1 Å². The lowest BCUT2D eigenvalue weighted by Gasteiger charge is -2.24. The van der Waals surface area contributed by atoms with Gasteiger partial charge in [0.1, 0.15) is 11.6 Å². The van der Waals surface area contributed by atoms with Crippen LogP contribution in [0.5, 0.6) is 5.75 Å². The van der Waals surface area contributed by atoms with E-state index in [-0.39, 0.29) is 12.5 Å². The number of H-pyrrole nitrogens is 1. The number of anilines is 2. The van der Waals surface area contributed by atoms with Gasteiger partial charge in [-0.2, -0.15) is 5.10 Å². The number of carbonyl (C=O) groups excluding carboxylic acids is 1. The lowest BCUT2D eigenvalue weighted by atomic mass is 10.1. The normalized spacial score (nSPS) is 14.6. The molecule has 11 heteroatoms. The highest BCUT2D eigenvalue weighted by molar-refractivity contribution is 7.13. The van der Waals surface area contributed by atoms with E-state index in [9.17, 15) is 9.90 Å². The van der Waals surface area contributed by atoms with Crippen molar-refractivity contribution < 1.29 is 14.6 Å². The van der Waals surface area contributed by atoms with Gasteiger partial charge < -0.3 is 20.5 Å². The van der Waals surface area contributed by atoms with Crippen LogP contribution in [0.15, 0.2) is 42.9 Å². The van der Waals surface area contributed by atoms with E-state index in [0.29, 0.717) is 24.7 Å². The van der Waals surface area contributed by atoms with Crippen molar-refractivity contribution in [2.24, 2.45) is 0 Å². The largest absolute Gasteiger partial charge is 0.492 e. The number of aliphatic hydroxyl groups is 1. The monoisotopic (exact) mass is 517 g/mol. The third kappa shape index (κ3) is 4.93. The van der Waals surface area contributed by atoms with E-state index >= 15 is 0 Å². The minimum atomic E-state index is -0.204. The molecule has 0 aliphatic carbocycles. The number of rotatable bonds is 8. The molecule has 0 unspecified atom stereocenters. The van der Waals surface area contributed by atoms with Gasteiger partial charge in [0.2, 0.25) is 0 Å². The number of pyridine rings is 1. The average Bonchev–Trinajstić information content (AvgIpc) is 3.68. The average molecular weight is 518 g/mol. The molecule has 5 heterocycles. The summed E-state index contributed by atoms with van der Waals surface area (Å²) < 4.78 is 5.91. The maximum absolute atomic E-state index is 12.9. The highest BCUT2D eigenvalue weighted by Gasteiger charge is 2.24. The first-order valence-electron chi connectivity index (χ1n) is 12.3. The van der Waals surface area contributed by atoms with Gasteiger partial charge in [-0.05, 0) is 17.7 Å². The van der Waals surface area contributed by atoms with Crippen LogP contribution in [0.3, 0.4) is 0 Å². The zero-order valence-corrected chi connectivity index (χ0v) is 21.0. The topological polar surface area (TPSA) is 128 Å². The number of amides is 1. The van der Waals surface area contributed by atoms with Gasteiger partial charge in [0.25, 0.3) is 5.91 Å². The van der Waals surface area contributed by atoms with Crippen molar-refractivity contribution in [2.45, 2.75) is 25.9 Å². The van der Waals surface area contributed by atoms with Gasteiger partial charge in [0.05, 0.1) is 25.1 Å². The van der Waals surface area contributed by atoms with Gasteiger partial charge >= 0.3 is 0 Å². The number of thiazole rings is 1. The Morgan fingerprint density at radius 3 is 3.08 bits per heavy atom. The highest BCUT2D eigenvalue weighted by Crippen LogP contribution is 2.39. The number of hydrogen-bond donors (Lipinski definition) is 4. The summed E-state index contributed by atoms with van der Waals surface area (Å²) in [5, 5.41) is 23.0. The van der Waals surface area contributed by atoms with Crippen molar-refractivity contribution in [1.29, 1.82) is 0 Å². The molecule has 1 aromatic carbocycles. The molecule has 6 rings (SSSR count). The van der Waals surface area contributed by atoms with E-state index in [0.717, 1.165) is 76.0 Å². The molecule has 2 aliphatic heterocycles. The number of nitrogens with one attached hydrogen (secondary N) is 3. The number of aromatic nitrogens is 4. The maximum atomic E-state index is 12.9. The first-order valence-corrected chi connectivity index (χ1v) is 13.1. The zero-order valence-electron chi connectivity index (χ0n) is 20.2. The summed E-state index contributed by atoms with van der Waals surface area (Å²) in [5.41, 5.74) is 5.67. The predicted octanol–water partition coefficient (Wildman–Crippen LogP) is 3.08. The van der Waals surface area contributed by atoms with E-state index in [1.807, 2.05) is 36.7 Å². The van der Waals surface area contributed by atoms with E-state index in [1.165, 1.54) is 11.3 Å². The second-order valence-corrected chi connectivity index (χ2v) is 10.1. The third-order valence-corrected chi connectivity index (χ3v) is 7.68. The van der Waals surface area contributed by atoms with Crippen molar-refractivity contribution in [2.75, 3.05) is 36.9 Å². The predicted molar refractivity (Wildman–Crippen MR) is 141 cm³/mol. The van der Waals surface area contributed by atoms with Crippen LogP contribution in [0, 0.1) is 0 Å². The standard InChI is InChI=1S/C26H27N7O3S/c34-8-7-33-6-4-21-22(15-33)37-26(32-21)25(35)31-18-3-1-2-16(10-18)11-27-24-19-5-9-36-23(19)20(14-28-24)17-12-29-30-13-17/h1-3,10,12-14,34H,4-9,11,15H2,(H,27,28)(H,29,30)(H,31,35). The summed E-state index contributed by atoms with van der Waals surface area (Å²) in [5.74, 6) is 1.45. The Labute approximate surface area is 217 Å². The molecule has 0 spiro atoms. The van der Waals surface area contributed by atoms with E-state index in [1.54, 1.807) is 6.20 Å². The molecular weight excluding hydrogens is 490 g/mol. The molecule has 4 aromatic rings. The summed E-state index contributed by atoms with van der Waals surface area (Å²) in [6.45, 7) is 3.54. The SMILES string of the molecule is O=C(Nc1cccc(CNc2ncc(-c3cn[nH]c3)c3c2CCO3)c1)c1nc2c(s1)CN(CCO)CC2. The van der Waals surface area contributed by atoms with Crippen molar-refractivity contribution >= 4 is 28.7 Å². The Kier molecular flexibility index (Phi) is 6.56. The highest BCUT2D eigenvalue weighted by atomic mass is 32.1. The molecular formula is C26H27N7O3S. The molecule has 4 N–H and O–H groups in total. The lowest BCUT2D eigenvalue weighted by Crippen LogP contribution is -2.32. The van der Waals surface area contributed by atoms with Crippen molar-refractivity contribution in [1.82, 2.24) is 25.1 Å². The van der Waals surface area contributed by atoms with Gasteiger partial charge in [0, 0.05) is 78.7 Å². The van der Waals surface area contributed by atoms with Gasteiger partial charge in [-0.3, -0.25) is 14.8 Å². The Morgan fingerprint density at radius 1 is 1.27 bits per heavy atom. The van der Waals surface area contributed by atoms with E-state index in [2.05, 4.69) is 35.7 Å². The van der Waals surface area contributed by atoms with Crippen molar-refractivity contribution in [3.8, 4) is 16.9 Å². The number of aliphatic hydroxyl groups excluding tert-OH is 1. The number of ether oxygens (including phenoxy) is 1. The minimum absolute atomic E-state index is 0.135. The van der Waals surface area contributed by atoms with Gasteiger partial charge in [-0.25, -0.2) is 9.97 Å². The first-order chi connectivity index (χ1) is 18.2. The van der Waals surface area contributed by atoms with Crippen LogP contribution in [-0.4, -0.2) is 62.4 Å². The molecule has 0 saturated carbocycles. The second-order valence-electron chi connectivity index (χ2n) is 9.06. The smallest absolute Gasteiger partial charge is 0.284 e. The van der Waals surface area contributed by atoms with Gasteiger partial charge in [-0.15, -0.1) is 11.3 Å². The second kappa shape index (κ2) is 10.3. The Bertz CT molecular complexity index is 1420. The fourth-order valence-electron chi connectivity index (χ4n) is 4.75. The number of β-amino-alcohol motifs (C(OH)–C–C–N with tert-alkyl or cyclic N) is 1. The van der Waals surface area contributed by atoms with Gasteiger partial charge in [0.15, 0.2) is 5.01 Å². The summed E-state index contributed by atoms with van der Waals surface area (Å²) in [4.78, 5) is 25.4.